The Morgan fingerprint density at radius 2 is 2.15 bits per heavy atom. The van der Waals surface area contributed by atoms with E-state index in [0.29, 0.717) is 29.6 Å². The van der Waals surface area contributed by atoms with Crippen molar-refractivity contribution in [1.29, 1.82) is 0 Å². The maximum absolute atomic E-state index is 11.5. The molecule has 2 rings (SSSR count). The molecule has 1 aliphatic heterocycles. The van der Waals surface area contributed by atoms with Gasteiger partial charge in [-0.1, -0.05) is 36.2 Å². The molecule has 1 unspecified atom stereocenters. The van der Waals surface area contributed by atoms with Crippen LogP contribution in [-0.4, -0.2) is 29.1 Å². The summed E-state index contributed by atoms with van der Waals surface area (Å²) in [4.78, 5) is 13.7. The first-order valence-corrected chi connectivity index (χ1v) is 7.62. The van der Waals surface area contributed by atoms with E-state index in [1.54, 1.807) is 6.07 Å². The fourth-order valence-corrected chi connectivity index (χ4v) is 3.19. The van der Waals surface area contributed by atoms with Gasteiger partial charge in [0.1, 0.15) is 0 Å². The van der Waals surface area contributed by atoms with Crippen LogP contribution in [0.15, 0.2) is 18.2 Å². The van der Waals surface area contributed by atoms with E-state index < -0.39 is 11.4 Å². The zero-order chi connectivity index (χ0) is 14.8. The maximum atomic E-state index is 11.5. The Balaban J connectivity index is 2.09. The number of hydrogen-bond acceptors (Lipinski definition) is 2. The number of piperidine rings is 1. The fourth-order valence-electron chi connectivity index (χ4n) is 2.87. The Labute approximate surface area is 129 Å². The lowest BCUT2D eigenvalue weighted by atomic mass is 9.77. The molecule has 1 aromatic carbocycles. The molecule has 1 N–H and O–H groups in total. The van der Waals surface area contributed by atoms with Crippen molar-refractivity contribution in [2.75, 3.05) is 13.1 Å². The van der Waals surface area contributed by atoms with Gasteiger partial charge in [-0.3, -0.25) is 9.69 Å². The lowest BCUT2D eigenvalue weighted by Gasteiger charge is -2.39. The summed E-state index contributed by atoms with van der Waals surface area (Å²) in [6.07, 6.45) is 2.35. The molecular weight excluding hydrogens is 297 g/mol. The largest absolute Gasteiger partial charge is 0.481 e. The third-order valence-electron chi connectivity index (χ3n) is 4.18. The predicted octanol–water partition coefficient (Wildman–Crippen LogP) is 4.07. The highest BCUT2D eigenvalue weighted by molar-refractivity contribution is 6.42. The number of hydrogen-bond donors (Lipinski definition) is 1. The molecular formula is C15H19Cl2NO2. The highest BCUT2D eigenvalue weighted by atomic mass is 35.5. The molecule has 1 atom stereocenters. The molecule has 1 fully saturated rings. The van der Waals surface area contributed by atoms with Gasteiger partial charge in [0.2, 0.25) is 0 Å². The van der Waals surface area contributed by atoms with E-state index in [1.807, 2.05) is 19.1 Å². The highest BCUT2D eigenvalue weighted by Crippen LogP contribution is 2.34. The topological polar surface area (TPSA) is 40.5 Å². The SMILES string of the molecule is CCC1(C(=O)O)CCCN(Cc2ccc(Cl)c(Cl)c2)C1. The number of likely N-dealkylation sites (tertiary alicyclic amines) is 1. The summed E-state index contributed by atoms with van der Waals surface area (Å²) in [6, 6.07) is 5.58. The number of benzene rings is 1. The van der Waals surface area contributed by atoms with Gasteiger partial charge in [0.05, 0.1) is 15.5 Å². The highest BCUT2D eigenvalue weighted by Gasteiger charge is 2.40. The van der Waals surface area contributed by atoms with Gasteiger partial charge in [0.15, 0.2) is 0 Å². The van der Waals surface area contributed by atoms with Gasteiger partial charge in [-0.2, -0.15) is 0 Å². The van der Waals surface area contributed by atoms with Crippen LogP contribution in [0.2, 0.25) is 10.0 Å². The second-order valence-corrected chi connectivity index (χ2v) is 6.32. The van der Waals surface area contributed by atoms with Crippen molar-refractivity contribution in [2.24, 2.45) is 5.41 Å². The van der Waals surface area contributed by atoms with Crippen molar-refractivity contribution in [1.82, 2.24) is 4.90 Å². The molecule has 1 saturated heterocycles. The lowest BCUT2D eigenvalue weighted by Crippen LogP contribution is -2.47. The summed E-state index contributed by atoms with van der Waals surface area (Å²) >= 11 is 11.9. The lowest BCUT2D eigenvalue weighted by molar-refractivity contribution is -0.153. The van der Waals surface area contributed by atoms with Gasteiger partial charge in [0, 0.05) is 13.1 Å². The maximum Gasteiger partial charge on any atom is 0.310 e. The minimum Gasteiger partial charge on any atom is -0.481 e. The standard InChI is InChI=1S/C15H19Cl2NO2/c1-2-15(14(19)20)6-3-7-18(10-15)9-11-4-5-12(16)13(17)8-11/h4-5,8H,2-3,6-7,9-10H2,1H3,(H,19,20). The number of carboxylic acids is 1. The monoisotopic (exact) mass is 315 g/mol. The van der Waals surface area contributed by atoms with E-state index in [1.165, 1.54) is 0 Å². The third kappa shape index (κ3) is 3.27. The molecule has 0 aliphatic carbocycles. The van der Waals surface area contributed by atoms with E-state index >= 15 is 0 Å². The van der Waals surface area contributed by atoms with Crippen LogP contribution >= 0.6 is 23.2 Å². The molecule has 20 heavy (non-hydrogen) atoms. The molecule has 0 aromatic heterocycles. The Kier molecular flexibility index (Phi) is 4.95. The third-order valence-corrected chi connectivity index (χ3v) is 4.92. The fraction of sp³-hybridized carbons (Fsp3) is 0.533. The molecule has 0 saturated carbocycles. The van der Waals surface area contributed by atoms with Crippen molar-refractivity contribution in [3.8, 4) is 0 Å². The molecule has 1 aromatic rings. The van der Waals surface area contributed by atoms with Crippen molar-refractivity contribution >= 4 is 29.2 Å². The summed E-state index contributed by atoms with van der Waals surface area (Å²) in [5.74, 6) is -0.682. The number of carboxylic acid groups (broad SMARTS) is 1. The van der Waals surface area contributed by atoms with E-state index in [4.69, 9.17) is 23.2 Å². The Morgan fingerprint density at radius 1 is 1.40 bits per heavy atom. The summed E-state index contributed by atoms with van der Waals surface area (Å²) in [6.45, 7) is 4.19. The molecule has 110 valence electrons. The quantitative estimate of drug-likeness (QED) is 0.910. The number of halogens is 2. The first-order valence-electron chi connectivity index (χ1n) is 6.86. The molecule has 0 radical (unpaired) electrons. The van der Waals surface area contributed by atoms with E-state index in [2.05, 4.69) is 4.90 Å². The normalized spacial score (nSPS) is 23.8. The van der Waals surface area contributed by atoms with Crippen molar-refractivity contribution in [3.05, 3.63) is 33.8 Å². The summed E-state index contributed by atoms with van der Waals surface area (Å²) in [5, 5.41) is 10.6. The number of rotatable bonds is 4. The summed E-state index contributed by atoms with van der Waals surface area (Å²) < 4.78 is 0. The van der Waals surface area contributed by atoms with Crippen LogP contribution in [0.5, 0.6) is 0 Å². The molecule has 3 nitrogen and oxygen atoms in total. The van der Waals surface area contributed by atoms with Gasteiger partial charge in [-0.25, -0.2) is 0 Å². The smallest absolute Gasteiger partial charge is 0.310 e. The van der Waals surface area contributed by atoms with E-state index in [0.717, 1.165) is 24.9 Å². The summed E-state index contributed by atoms with van der Waals surface area (Å²) in [5.41, 5.74) is 0.464. The molecule has 5 heteroatoms. The van der Waals surface area contributed by atoms with Gasteiger partial charge in [0.25, 0.3) is 0 Å². The van der Waals surface area contributed by atoms with Crippen LogP contribution in [-0.2, 0) is 11.3 Å². The van der Waals surface area contributed by atoms with Crippen LogP contribution < -0.4 is 0 Å². The Bertz CT molecular complexity index is 507. The minimum absolute atomic E-state index is 0.543. The van der Waals surface area contributed by atoms with Crippen molar-refractivity contribution in [2.45, 2.75) is 32.7 Å². The van der Waals surface area contributed by atoms with Crippen LogP contribution in [0.3, 0.4) is 0 Å². The molecule has 0 amide bonds. The van der Waals surface area contributed by atoms with E-state index in [9.17, 15) is 9.90 Å². The first kappa shape index (κ1) is 15.6. The zero-order valence-corrected chi connectivity index (χ0v) is 13.0. The summed E-state index contributed by atoms with van der Waals surface area (Å²) in [7, 11) is 0. The van der Waals surface area contributed by atoms with Crippen LogP contribution in [0, 0.1) is 5.41 Å². The van der Waals surface area contributed by atoms with E-state index in [-0.39, 0.29) is 0 Å². The number of nitrogens with zero attached hydrogens (tertiary/aromatic N) is 1. The zero-order valence-electron chi connectivity index (χ0n) is 11.5. The van der Waals surface area contributed by atoms with Gasteiger partial charge >= 0.3 is 5.97 Å². The first-order chi connectivity index (χ1) is 9.47. The second-order valence-electron chi connectivity index (χ2n) is 5.50. The molecule has 0 spiro atoms. The van der Waals surface area contributed by atoms with Crippen molar-refractivity contribution < 1.29 is 9.90 Å². The Morgan fingerprint density at radius 3 is 2.75 bits per heavy atom. The van der Waals surface area contributed by atoms with Crippen LogP contribution in [0.4, 0.5) is 0 Å². The predicted molar refractivity (Wildman–Crippen MR) is 81.3 cm³/mol. The van der Waals surface area contributed by atoms with Gasteiger partial charge in [-0.15, -0.1) is 0 Å². The van der Waals surface area contributed by atoms with Gasteiger partial charge in [-0.05, 0) is 43.5 Å². The number of carbonyl (C=O) groups is 1. The molecule has 1 aliphatic rings. The molecule has 0 bridgehead atoms. The second kappa shape index (κ2) is 6.33. The number of aliphatic carboxylic acids is 1. The van der Waals surface area contributed by atoms with Crippen LogP contribution in [0.1, 0.15) is 31.7 Å². The average molecular weight is 316 g/mol. The Hall–Kier alpha value is -0.770. The minimum atomic E-state index is -0.682. The van der Waals surface area contributed by atoms with Crippen molar-refractivity contribution in [3.63, 3.8) is 0 Å². The van der Waals surface area contributed by atoms with Crippen LogP contribution in [0.25, 0.3) is 0 Å². The van der Waals surface area contributed by atoms with Gasteiger partial charge < -0.3 is 5.11 Å². The average Bonchev–Trinajstić information content (AvgIpc) is 2.43. The molecule has 1 heterocycles.